The van der Waals surface area contributed by atoms with Crippen molar-refractivity contribution in [2.45, 2.75) is 0 Å². The standard InChI is InChI=1S/C10H7BrN2O2/c11-7-3-1-2-6(4-7)8-9(10(14)15)13-5-12-8/h1-5H,(H,12,13)(H,14,15). The van der Waals surface area contributed by atoms with E-state index < -0.39 is 5.97 Å². The first kappa shape index (κ1) is 9.92. The molecule has 0 aliphatic heterocycles. The van der Waals surface area contributed by atoms with Crippen LogP contribution in [-0.2, 0) is 0 Å². The van der Waals surface area contributed by atoms with Crippen molar-refractivity contribution in [1.82, 2.24) is 9.97 Å². The third kappa shape index (κ3) is 1.92. The highest BCUT2D eigenvalue weighted by atomic mass is 79.9. The molecular formula is C10H7BrN2O2. The van der Waals surface area contributed by atoms with E-state index in [1.807, 2.05) is 24.3 Å². The molecule has 76 valence electrons. The number of carbonyl (C=O) groups is 1. The summed E-state index contributed by atoms with van der Waals surface area (Å²) < 4.78 is 0.888. The van der Waals surface area contributed by atoms with Crippen molar-refractivity contribution in [2.24, 2.45) is 0 Å². The zero-order chi connectivity index (χ0) is 10.8. The lowest BCUT2D eigenvalue weighted by molar-refractivity contribution is 0.0692. The van der Waals surface area contributed by atoms with Crippen LogP contribution < -0.4 is 0 Å². The van der Waals surface area contributed by atoms with E-state index in [9.17, 15) is 4.79 Å². The van der Waals surface area contributed by atoms with Gasteiger partial charge in [-0.05, 0) is 12.1 Å². The summed E-state index contributed by atoms with van der Waals surface area (Å²) in [6, 6.07) is 7.34. The molecule has 2 rings (SSSR count). The Labute approximate surface area is 94.1 Å². The number of aromatic carboxylic acids is 1. The lowest BCUT2D eigenvalue weighted by Gasteiger charge is -1.99. The molecule has 1 aromatic carbocycles. The molecule has 0 radical (unpaired) electrons. The average molecular weight is 267 g/mol. The summed E-state index contributed by atoms with van der Waals surface area (Å²) in [7, 11) is 0. The van der Waals surface area contributed by atoms with Crippen molar-refractivity contribution in [3.8, 4) is 11.3 Å². The Kier molecular flexibility index (Phi) is 2.55. The van der Waals surface area contributed by atoms with Gasteiger partial charge < -0.3 is 10.1 Å². The third-order valence-electron chi connectivity index (χ3n) is 1.95. The highest BCUT2D eigenvalue weighted by Gasteiger charge is 2.14. The van der Waals surface area contributed by atoms with Gasteiger partial charge in [-0.2, -0.15) is 0 Å². The van der Waals surface area contributed by atoms with E-state index in [-0.39, 0.29) is 5.69 Å². The monoisotopic (exact) mass is 266 g/mol. The number of benzene rings is 1. The number of carboxylic acids is 1. The maximum atomic E-state index is 10.9. The van der Waals surface area contributed by atoms with Gasteiger partial charge in [0.2, 0.25) is 0 Å². The summed E-state index contributed by atoms with van der Waals surface area (Å²) in [5.74, 6) is -1.01. The number of hydrogen-bond donors (Lipinski definition) is 2. The highest BCUT2D eigenvalue weighted by molar-refractivity contribution is 9.10. The Balaban J connectivity index is 2.54. The number of hydrogen-bond acceptors (Lipinski definition) is 2. The lowest BCUT2D eigenvalue weighted by Crippen LogP contribution is -1.98. The Morgan fingerprint density at radius 3 is 2.93 bits per heavy atom. The normalized spacial score (nSPS) is 10.2. The van der Waals surface area contributed by atoms with Crippen LogP contribution in [0.1, 0.15) is 10.5 Å². The molecule has 0 atom stereocenters. The number of aromatic nitrogens is 2. The van der Waals surface area contributed by atoms with Crippen LogP contribution >= 0.6 is 15.9 Å². The van der Waals surface area contributed by atoms with Crippen molar-refractivity contribution < 1.29 is 9.90 Å². The second kappa shape index (κ2) is 3.86. The van der Waals surface area contributed by atoms with Crippen LogP contribution in [0.2, 0.25) is 0 Å². The first-order valence-corrected chi connectivity index (χ1v) is 5.00. The van der Waals surface area contributed by atoms with E-state index in [0.29, 0.717) is 5.69 Å². The molecule has 0 saturated heterocycles. The smallest absolute Gasteiger partial charge is 0.354 e. The largest absolute Gasteiger partial charge is 0.477 e. The fraction of sp³-hybridized carbons (Fsp3) is 0. The molecule has 4 nitrogen and oxygen atoms in total. The zero-order valence-electron chi connectivity index (χ0n) is 7.57. The Bertz CT molecular complexity index is 508. The molecule has 0 saturated carbocycles. The molecule has 0 unspecified atom stereocenters. The predicted molar refractivity (Wildman–Crippen MR) is 58.7 cm³/mol. The van der Waals surface area contributed by atoms with Gasteiger partial charge in [-0.15, -0.1) is 0 Å². The quantitative estimate of drug-likeness (QED) is 0.878. The zero-order valence-corrected chi connectivity index (χ0v) is 9.15. The molecule has 2 aromatic rings. The molecule has 2 N–H and O–H groups in total. The van der Waals surface area contributed by atoms with Crippen LogP contribution in [0.15, 0.2) is 35.1 Å². The van der Waals surface area contributed by atoms with E-state index in [4.69, 9.17) is 5.11 Å². The van der Waals surface area contributed by atoms with Crippen molar-refractivity contribution >= 4 is 21.9 Å². The summed E-state index contributed by atoms with van der Waals surface area (Å²) in [6.07, 6.45) is 1.37. The molecule has 0 bridgehead atoms. The minimum Gasteiger partial charge on any atom is -0.477 e. The molecule has 0 aliphatic carbocycles. The highest BCUT2D eigenvalue weighted by Crippen LogP contribution is 2.23. The van der Waals surface area contributed by atoms with E-state index in [0.717, 1.165) is 10.0 Å². The molecule has 1 aromatic heterocycles. The minimum absolute atomic E-state index is 0.105. The molecule has 0 aliphatic rings. The second-order valence-electron chi connectivity index (χ2n) is 2.94. The summed E-state index contributed by atoms with van der Waals surface area (Å²) in [6.45, 7) is 0. The molecule has 1 heterocycles. The van der Waals surface area contributed by atoms with Gasteiger partial charge in [0.05, 0.1) is 6.33 Å². The Hall–Kier alpha value is -1.62. The van der Waals surface area contributed by atoms with Crippen LogP contribution in [0, 0.1) is 0 Å². The van der Waals surface area contributed by atoms with E-state index in [2.05, 4.69) is 25.9 Å². The number of carboxylic acid groups (broad SMARTS) is 1. The van der Waals surface area contributed by atoms with Gasteiger partial charge in [0.15, 0.2) is 5.69 Å². The van der Waals surface area contributed by atoms with Crippen LogP contribution in [0.5, 0.6) is 0 Å². The molecule has 0 amide bonds. The molecule has 0 spiro atoms. The fourth-order valence-electron chi connectivity index (χ4n) is 1.31. The maximum Gasteiger partial charge on any atom is 0.354 e. The van der Waals surface area contributed by atoms with Crippen molar-refractivity contribution in [2.75, 3.05) is 0 Å². The maximum absolute atomic E-state index is 10.9. The van der Waals surface area contributed by atoms with Crippen molar-refractivity contribution in [3.63, 3.8) is 0 Å². The first-order chi connectivity index (χ1) is 7.18. The number of halogens is 1. The second-order valence-corrected chi connectivity index (χ2v) is 3.86. The van der Waals surface area contributed by atoms with E-state index in [1.54, 1.807) is 0 Å². The SMILES string of the molecule is O=C(O)c1[nH]cnc1-c1cccc(Br)c1. The van der Waals surface area contributed by atoms with Crippen molar-refractivity contribution in [3.05, 3.63) is 40.8 Å². The summed E-state index contributed by atoms with van der Waals surface area (Å²) in [4.78, 5) is 17.4. The predicted octanol–water partition coefficient (Wildman–Crippen LogP) is 2.54. The average Bonchev–Trinajstić information content (AvgIpc) is 2.65. The van der Waals surface area contributed by atoms with Gasteiger partial charge in [0, 0.05) is 10.0 Å². The minimum atomic E-state index is -1.01. The van der Waals surface area contributed by atoms with Crippen LogP contribution in [0.4, 0.5) is 0 Å². The van der Waals surface area contributed by atoms with Crippen LogP contribution in [-0.4, -0.2) is 21.0 Å². The Morgan fingerprint density at radius 1 is 1.47 bits per heavy atom. The number of H-pyrrole nitrogens is 1. The number of nitrogens with zero attached hydrogens (tertiary/aromatic N) is 1. The van der Waals surface area contributed by atoms with Gasteiger partial charge in [0.1, 0.15) is 5.69 Å². The summed E-state index contributed by atoms with van der Waals surface area (Å²) in [5, 5.41) is 8.90. The third-order valence-corrected chi connectivity index (χ3v) is 2.44. The molecule has 15 heavy (non-hydrogen) atoms. The fourth-order valence-corrected chi connectivity index (χ4v) is 1.71. The van der Waals surface area contributed by atoms with Gasteiger partial charge >= 0.3 is 5.97 Å². The molecular weight excluding hydrogens is 260 g/mol. The molecule has 5 heteroatoms. The number of nitrogens with one attached hydrogen (secondary N) is 1. The van der Waals surface area contributed by atoms with Gasteiger partial charge in [-0.25, -0.2) is 9.78 Å². The van der Waals surface area contributed by atoms with Gasteiger partial charge in [-0.3, -0.25) is 0 Å². The van der Waals surface area contributed by atoms with E-state index >= 15 is 0 Å². The summed E-state index contributed by atoms with van der Waals surface area (Å²) >= 11 is 3.32. The van der Waals surface area contributed by atoms with Gasteiger partial charge in [0.25, 0.3) is 0 Å². The summed E-state index contributed by atoms with van der Waals surface area (Å²) in [5.41, 5.74) is 1.32. The number of aromatic amines is 1. The van der Waals surface area contributed by atoms with Crippen molar-refractivity contribution in [1.29, 1.82) is 0 Å². The lowest BCUT2D eigenvalue weighted by atomic mass is 10.1. The molecule has 0 fully saturated rings. The van der Waals surface area contributed by atoms with Crippen LogP contribution in [0.25, 0.3) is 11.3 Å². The van der Waals surface area contributed by atoms with Crippen LogP contribution in [0.3, 0.4) is 0 Å². The number of rotatable bonds is 2. The number of imidazole rings is 1. The topological polar surface area (TPSA) is 66.0 Å². The van der Waals surface area contributed by atoms with E-state index in [1.165, 1.54) is 6.33 Å². The Morgan fingerprint density at radius 2 is 2.27 bits per heavy atom. The first-order valence-electron chi connectivity index (χ1n) is 4.21. The van der Waals surface area contributed by atoms with Gasteiger partial charge in [-0.1, -0.05) is 28.1 Å².